The molecule has 0 bridgehead atoms. The van der Waals surface area contributed by atoms with Crippen molar-refractivity contribution in [1.82, 2.24) is 0 Å². The van der Waals surface area contributed by atoms with Crippen LogP contribution in [0.2, 0.25) is 0 Å². The summed E-state index contributed by atoms with van der Waals surface area (Å²) in [6.45, 7) is 0.469. The molecule has 3 heteroatoms. The Hall–Kier alpha value is -3.59. The summed E-state index contributed by atoms with van der Waals surface area (Å²) in [5.74, 6) is 0.705. The van der Waals surface area contributed by atoms with Gasteiger partial charge in [0.05, 0.1) is 0 Å². The number of hydrogen-bond donors (Lipinski definition) is 1. The second-order valence-corrected chi connectivity index (χ2v) is 6.31. The third kappa shape index (κ3) is 4.15. The molecule has 0 aliphatic rings. The summed E-state index contributed by atoms with van der Waals surface area (Å²) >= 11 is 0. The molecule has 0 saturated heterocycles. The number of nitrogens with one attached hydrogen (secondary N) is 1. The van der Waals surface area contributed by atoms with E-state index in [1.165, 1.54) is 0 Å². The highest BCUT2D eigenvalue weighted by molar-refractivity contribution is 6.05. The number of hydrogen-bond acceptors (Lipinski definition) is 2. The van der Waals surface area contributed by atoms with E-state index in [0.717, 1.165) is 27.8 Å². The lowest BCUT2D eigenvalue weighted by molar-refractivity contribution is 0.102. The Balaban J connectivity index is 1.41. The average Bonchev–Trinajstić information content (AvgIpc) is 2.73. The zero-order chi connectivity index (χ0) is 18.5. The van der Waals surface area contributed by atoms with Crippen LogP contribution in [0.4, 0.5) is 5.69 Å². The molecule has 4 aromatic rings. The van der Waals surface area contributed by atoms with Crippen LogP contribution in [0.25, 0.3) is 10.8 Å². The van der Waals surface area contributed by atoms with Gasteiger partial charge in [-0.1, -0.05) is 60.7 Å². The summed E-state index contributed by atoms with van der Waals surface area (Å²) in [5.41, 5.74) is 2.42. The minimum Gasteiger partial charge on any atom is -0.489 e. The minimum atomic E-state index is -0.124. The fourth-order valence-electron chi connectivity index (χ4n) is 2.91. The van der Waals surface area contributed by atoms with Gasteiger partial charge < -0.3 is 10.1 Å². The summed E-state index contributed by atoms with van der Waals surface area (Å²) in [7, 11) is 0. The Labute approximate surface area is 158 Å². The third-order valence-corrected chi connectivity index (χ3v) is 4.37. The molecule has 0 aliphatic carbocycles. The molecule has 0 atom stereocenters. The number of anilines is 1. The molecule has 0 saturated carbocycles. The maximum absolute atomic E-state index is 12.5. The number of benzene rings is 4. The Morgan fingerprint density at radius 1 is 0.741 bits per heavy atom. The number of amides is 1. The highest BCUT2D eigenvalue weighted by Crippen LogP contribution is 2.19. The zero-order valence-electron chi connectivity index (χ0n) is 14.8. The summed E-state index contributed by atoms with van der Waals surface area (Å²) in [6.07, 6.45) is 0. The third-order valence-electron chi connectivity index (χ3n) is 4.37. The van der Waals surface area contributed by atoms with Gasteiger partial charge in [-0.2, -0.15) is 0 Å². The summed E-state index contributed by atoms with van der Waals surface area (Å²) in [6, 6.07) is 31.1. The lowest BCUT2D eigenvalue weighted by atomic mass is 10.1. The average molecular weight is 353 g/mol. The van der Waals surface area contributed by atoms with Crippen LogP contribution in [-0.2, 0) is 6.61 Å². The van der Waals surface area contributed by atoms with Crippen LogP contribution in [0.3, 0.4) is 0 Å². The van der Waals surface area contributed by atoms with Crippen LogP contribution in [-0.4, -0.2) is 5.91 Å². The number of para-hydroxylation sites is 1. The van der Waals surface area contributed by atoms with Gasteiger partial charge in [0.25, 0.3) is 5.91 Å². The van der Waals surface area contributed by atoms with Crippen molar-refractivity contribution in [3.63, 3.8) is 0 Å². The van der Waals surface area contributed by atoms with Crippen molar-refractivity contribution >= 4 is 22.4 Å². The van der Waals surface area contributed by atoms with E-state index < -0.39 is 0 Å². The summed E-state index contributed by atoms with van der Waals surface area (Å²) in [5, 5.41) is 5.21. The first-order valence-corrected chi connectivity index (χ1v) is 8.85. The second-order valence-electron chi connectivity index (χ2n) is 6.31. The molecule has 4 aromatic carbocycles. The predicted molar refractivity (Wildman–Crippen MR) is 109 cm³/mol. The maximum Gasteiger partial charge on any atom is 0.255 e. The number of ether oxygens (including phenoxy) is 1. The van der Waals surface area contributed by atoms with E-state index >= 15 is 0 Å². The fraction of sp³-hybridized carbons (Fsp3) is 0.0417. The molecule has 0 aromatic heterocycles. The van der Waals surface area contributed by atoms with Crippen molar-refractivity contribution in [2.75, 3.05) is 5.32 Å². The number of fused-ring (bicyclic) bond motifs is 1. The largest absolute Gasteiger partial charge is 0.489 e. The highest BCUT2D eigenvalue weighted by Gasteiger charge is 2.07. The molecule has 132 valence electrons. The summed E-state index contributed by atoms with van der Waals surface area (Å²) in [4.78, 5) is 12.5. The van der Waals surface area contributed by atoms with Crippen molar-refractivity contribution in [2.24, 2.45) is 0 Å². The number of carbonyl (C=O) groups excluding carboxylic acids is 1. The van der Waals surface area contributed by atoms with Gasteiger partial charge in [0, 0.05) is 11.3 Å². The van der Waals surface area contributed by atoms with Crippen LogP contribution in [0.5, 0.6) is 5.75 Å². The first kappa shape index (κ1) is 16.9. The maximum atomic E-state index is 12.5. The normalized spacial score (nSPS) is 10.5. The van der Waals surface area contributed by atoms with Crippen LogP contribution < -0.4 is 10.1 Å². The number of rotatable bonds is 5. The quantitative estimate of drug-likeness (QED) is 0.502. The standard InChI is InChI=1S/C24H19NO2/c26-24(25-22-15-14-19-6-4-5-7-21(19)16-22)20-12-10-18(11-13-20)17-27-23-8-2-1-3-9-23/h1-16H,17H2,(H,25,26). The van der Waals surface area contributed by atoms with Crippen LogP contribution in [0.1, 0.15) is 15.9 Å². The lowest BCUT2D eigenvalue weighted by Crippen LogP contribution is -2.11. The van der Waals surface area contributed by atoms with E-state index in [1.54, 1.807) is 0 Å². The Morgan fingerprint density at radius 2 is 1.44 bits per heavy atom. The van der Waals surface area contributed by atoms with Gasteiger partial charge in [-0.05, 0) is 52.7 Å². The van der Waals surface area contributed by atoms with Gasteiger partial charge in [0.1, 0.15) is 12.4 Å². The van der Waals surface area contributed by atoms with Gasteiger partial charge in [-0.25, -0.2) is 0 Å². The van der Waals surface area contributed by atoms with E-state index in [2.05, 4.69) is 11.4 Å². The van der Waals surface area contributed by atoms with Gasteiger partial charge in [0.15, 0.2) is 0 Å². The van der Waals surface area contributed by atoms with Crippen LogP contribution >= 0.6 is 0 Å². The second kappa shape index (κ2) is 7.75. The molecule has 0 unspecified atom stereocenters. The Morgan fingerprint density at radius 3 is 2.22 bits per heavy atom. The van der Waals surface area contributed by atoms with E-state index in [-0.39, 0.29) is 5.91 Å². The minimum absolute atomic E-state index is 0.124. The number of carbonyl (C=O) groups is 1. The van der Waals surface area contributed by atoms with Gasteiger partial charge >= 0.3 is 0 Å². The van der Waals surface area contributed by atoms with Crippen molar-refractivity contribution in [1.29, 1.82) is 0 Å². The van der Waals surface area contributed by atoms with E-state index in [0.29, 0.717) is 12.2 Å². The summed E-state index contributed by atoms with van der Waals surface area (Å²) < 4.78 is 5.73. The molecule has 0 spiro atoms. The molecule has 0 fully saturated rings. The Kier molecular flexibility index (Phi) is 4.84. The van der Waals surface area contributed by atoms with Crippen molar-refractivity contribution in [3.05, 3.63) is 108 Å². The van der Waals surface area contributed by atoms with Crippen LogP contribution in [0.15, 0.2) is 97.1 Å². The Bertz CT molecular complexity index is 1060. The predicted octanol–water partition coefficient (Wildman–Crippen LogP) is 5.67. The topological polar surface area (TPSA) is 38.3 Å². The van der Waals surface area contributed by atoms with Crippen molar-refractivity contribution in [3.8, 4) is 5.75 Å². The molecule has 1 N–H and O–H groups in total. The van der Waals surface area contributed by atoms with E-state index in [1.807, 2.05) is 91.0 Å². The molecule has 4 rings (SSSR count). The first-order valence-electron chi connectivity index (χ1n) is 8.85. The first-order chi connectivity index (χ1) is 13.3. The molecule has 3 nitrogen and oxygen atoms in total. The highest BCUT2D eigenvalue weighted by atomic mass is 16.5. The zero-order valence-corrected chi connectivity index (χ0v) is 14.8. The monoisotopic (exact) mass is 353 g/mol. The molecule has 1 amide bonds. The van der Waals surface area contributed by atoms with Crippen molar-refractivity contribution < 1.29 is 9.53 Å². The molecule has 0 heterocycles. The van der Waals surface area contributed by atoms with E-state index in [9.17, 15) is 4.79 Å². The molecule has 0 radical (unpaired) electrons. The van der Waals surface area contributed by atoms with Crippen molar-refractivity contribution in [2.45, 2.75) is 6.61 Å². The SMILES string of the molecule is O=C(Nc1ccc2ccccc2c1)c1ccc(COc2ccccc2)cc1. The van der Waals surface area contributed by atoms with Gasteiger partial charge in [0.2, 0.25) is 0 Å². The smallest absolute Gasteiger partial charge is 0.255 e. The van der Waals surface area contributed by atoms with E-state index in [4.69, 9.17) is 4.74 Å². The lowest BCUT2D eigenvalue weighted by Gasteiger charge is -2.09. The van der Waals surface area contributed by atoms with Gasteiger partial charge in [-0.15, -0.1) is 0 Å². The molecule has 0 aliphatic heterocycles. The fourth-order valence-corrected chi connectivity index (χ4v) is 2.91. The molecular formula is C24H19NO2. The molecular weight excluding hydrogens is 334 g/mol. The van der Waals surface area contributed by atoms with Crippen LogP contribution in [0, 0.1) is 0 Å². The van der Waals surface area contributed by atoms with Gasteiger partial charge in [-0.3, -0.25) is 4.79 Å². The molecule has 27 heavy (non-hydrogen) atoms.